The molecular formula is C16H23O2. The second-order valence-corrected chi connectivity index (χ2v) is 4.78. The fraction of sp³-hybridized carbons (Fsp3) is 0.562. The summed E-state index contributed by atoms with van der Waals surface area (Å²) in [7, 11) is 0. The number of rotatable bonds is 9. The highest BCUT2D eigenvalue weighted by atomic mass is 16.4. The molecule has 2 nitrogen and oxygen atoms in total. The Morgan fingerprint density at radius 1 is 1.17 bits per heavy atom. The molecule has 0 saturated carbocycles. The van der Waals surface area contributed by atoms with Crippen molar-refractivity contribution >= 4 is 5.97 Å². The lowest BCUT2D eigenvalue weighted by Gasteiger charge is -2.12. The topological polar surface area (TPSA) is 37.3 Å². The number of hydrogen-bond acceptors (Lipinski definition) is 1. The maximum Gasteiger partial charge on any atom is 0.310 e. The summed E-state index contributed by atoms with van der Waals surface area (Å²) >= 11 is 0. The van der Waals surface area contributed by atoms with Gasteiger partial charge in [0.25, 0.3) is 0 Å². The van der Waals surface area contributed by atoms with E-state index in [0.29, 0.717) is 0 Å². The van der Waals surface area contributed by atoms with Gasteiger partial charge < -0.3 is 5.11 Å². The van der Waals surface area contributed by atoms with Crippen molar-refractivity contribution in [3.8, 4) is 0 Å². The average molecular weight is 247 g/mol. The monoisotopic (exact) mass is 247 g/mol. The van der Waals surface area contributed by atoms with Crippen molar-refractivity contribution in [2.24, 2.45) is 0 Å². The first-order valence-electron chi connectivity index (χ1n) is 6.94. The highest BCUT2D eigenvalue weighted by Crippen LogP contribution is 2.23. The van der Waals surface area contributed by atoms with Crippen molar-refractivity contribution in [2.45, 2.75) is 57.8 Å². The molecule has 1 atom stereocenters. The van der Waals surface area contributed by atoms with Gasteiger partial charge in [0.2, 0.25) is 0 Å². The predicted octanol–water partition coefficient (Wildman–Crippen LogP) is 4.41. The van der Waals surface area contributed by atoms with E-state index in [1.165, 1.54) is 25.7 Å². The number of carbonyl (C=O) groups is 1. The maximum atomic E-state index is 11.3. The van der Waals surface area contributed by atoms with Gasteiger partial charge in [-0.25, -0.2) is 0 Å². The molecule has 0 saturated heterocycles. The van der Waals surface area contributed by atoms with Crippen LogP contribution in [0.25, 0.3) is 0 Å². The highest BCUT2D eigenvalue weighted by Gasteiger charge is 2.18. The summed E-state index contributed by atoms with van der Waals surface area (Å²) in [4.78, 5) is 11.3. The van der Waals surface area contributed by atoms with Gasteiger partial charge >= 0.3 is 5.97 Å². The summed E-state index contributed by atoms with van der Waals surface area (Å²) < 4.78 is 0. The van der Waals surface area contributed by atoms with E-state index in [2.05, 4.69) is 13.0 Å². The van der Waals surface area contributed by atoms with Gasteiger partial charge in [-0.2, -0.15) is 0 Å². The van der Waals surface area contributed by atoms with Crippen LogP contribution in [0.2, 0.25) is 0 Å². The normalized spacial score (nSPS) is 12.3. The van der Waals surface area contributed by atoms with E-state index in [-0.39, 0.29) is 5.92 Å². The minimum atomic E-state index is -0.713. The van der Waals surface area contributed by atoms with E-state index in [0.717, 1.165) is 24.8 Å². The van der Waals surface area contributed by atoms with Crippen LogP contribution in [0.5, 0.6) is 0 Å². The first kappa shape index (κ1) is 14.7. The van der Waals surface area contributed by atoms with Gasteiger partial charge in [-0.1, -0.05) is 69.7 Å². The maximum absolute atomic E-state index is 11.3. The number of unbranched alkanes of at least 4 members (excludes halogenated alkanes) is 5. The molecule has 1 N–H and O–H groups in total. The lowest BCUT2D eigenvalue weighted by molar-refractivity contribution is -0.139. The quantitative estimate of drug-likeness (QED) is 0.656. The number of benzene rings is 1. The van der Waals surface area contributed by atoms with Gasteiger partial charge in [0.05, 0.1) is 5.92 Å². The Kier molecular flexibility index (Phi) is 7.16. The molecule has 18 heavy (non-hydrogen) atoms. The van der Waals surface area contributed by atoms with Gasteiger partial charge in [0.1, 0.15) is 0 Å². The number of aliphatic carboxylic acids is 1. The van der Waals surface area contributed by atoms with Gasteiger partial charge in [-0.05, 0) is 18.1 Å². The summed E-state index contributed by atoms with van der Waals surface area (Å²) in [6.45, 7) is 2.20. The second kappa shape index (κ2) is 8.73. The van der Waals surface area contributed by atoms with E-state index in [1.54, 1.807) is 12.1 Å². The van der Waals surface area contributed by atoms with E-state index in [1.807, 2.05) is 12.1 Å². The zero-order chi connectivity index (χ0) is 13.2. The fourth-order valence-corrected chi connectivity index (χ4v) is 2.19. The summed E-state index contributed by atoms with van der Waals surface area (Å²) in [6.07, 6.45) is 7.92. The molecule has 0 fully saturated rings. The molecule has 0 spiro atoms. The minimum absolute atomic E-state index is 0.356. The molecule has 1 radical (unpaired) electrons. The first-order valence-corrected chi connectivity index (χ1v) is 6.94. The molecule has 1 aromatic rings. The second-order valence-electron chi connectivity index (χ2n) is 4.78. The third kappa shape index (κ3) is 5.35. The van der Waals surface area contributed by atoms with Gasteiger partial charge in [0, 0.05) is 0 Å². The molecular weight excluding hydrogens is 224 g/mol. The SMILES string of the molecule is CCCCCCCCC(C(=O)O)c1cc[c]cc1. The summed E-state index contributed by atoms with van der Waals surface area (Å²) in [6, 6.07) is 10.2. The molecule has 0 aliphatic rings. The smallest absolute Gasteiger partial charge is 0.310 e. The molecule has 1 rings (SSSR count). The molecule has 0 aliphatic carbocycles. The van der Waals surface area contributed by atoms with Crippen LogP contribution in [0.15, 0.2) is 24.3 Å². The summed E-state index contributed by atoms with van der Waals surface area (Å²) in [5, 5.41) is 9.26. The van der Waals surface area contributed by atoms with Crippen LogP contribution in [-0.2, 0) is 4.79 Å². The van der Waals surface area contributed by atoms with Crippen LogP contribution in [0.1, 0.15) is 63.4 Å². The van der Waals surface area contributed by atoms with Crippen LogP contribution in [0.3, 0.4) is 0 Å². The predicted molar refractivity (Wildman–Crippen MR) is 73.6 cm³/mol. The number of hydrogen-bond donors (Lipinski definition) is 1. The van der Waals surface area contributed by atoms with Crippen LogP contribution < -0.4 is 0 Å². The van der Waals surface area contributed by atoms with Gasteiger partial charge in [-0.15, -0.1) is 0 Å². The van der Waals surface area contributed by atoms with Crippen LogP contribution in [0, 0.1) is 6.07 Å². The lowest BCUT2D eigenvalue weighted by Crippen LogP contribution is -2.11. The largest absolute Gasteiger partial charge is 0.481 e. The summed E-state index contributed by atoms with van der Waals surface area (Å²) in [5.74, 6) is -1.07. The molecule has 0 aromatic heterocycles. The number of carboxylic acid groups (broad SMARTS) is 1. The zero-order valence-corrected chi connectivity index (χ0v) is 11.2. The van der Waals surface area contributed by atoms with E-state index in [9.17, 15) is 9.90 Å². The Hall–Kier alpha value is -1.31. The Morgan fingerprint density at radius 2 is 1.78 bits per heavy atom. The Bertz CT molecular complexity index is 332. The molecule has 0 bridgehead atoms. The first-order chi connectivity index (χ1) is 8.75. The van der Waals surface area contributed by atoms with E-state index < -0.39 is 5.97 Å². The minimum Gasteiger partial charge on any atom is -0.481 e. The standard InChI is InChI=1S/C16H23O2/c1-2-3-4-5-6-10-13-15(16(17)18)14-11-8-7-9-12-14/h8-9,11-12,15H,2-6,10,13H2,1H3,(H,17,18). The van der Waals surface area contributed by atoms with Crippen molar-refractivity contribution in [1.29, 1.82) is 0 Å². The molecule has 0 heterocycles. The summed E-state index contributed by atoms with van der Waals surface area (Å²) in [5.41, 5.74) is 0.898. The third-order valence-electron chi connectivity index (χ3n) is 3.29. The van der Waals surface area contributed by atoms with Gasteiger partial charge in [-0.3, -0.25) is 4.79 Å². The van der Waals surface area contributed by atoms with Crippen molar-refractivity contribution in [3.63, 3.8) is 0 Å². The third-order valence-corrected chi connectivity index (χ3v) is 3.29. The molecule has 0 aliphatic heterocycles. The Balaban J connectivity index is 2.34. The Labute approximate surface area is 110 Å². The van der Waals surface area contributed by atoms with E-state index in [4.69, 9.17) is 0 Å². The fourth-order valence-electron chi connectivity index (χ4n) is 2.19. The van der Waals surface area contributed by atoms with Crippen LogP contribution in [-0.4, -0.2) is 11.1 Å². The Morgan fingerprint density at radius 3 is 2.39 bits per heavy atom. The molecule has 0 amide bonds. The molecule has 1 unspecified atom stereocenters. The van der Waals surface area contributed by atoms with Crippen LogP contribution in [0.4, 0.5) is 0 Å². The van der Waals surface area contributed by atoms with E-state index >= 15 is 0 Å². The van der Waals surface area contributed by atoms with Crippen molar-refractivity contribution < 1.29 is 9.90 Å². The van der Waals surface area contributed by atoms with Crippen molar-refractivity contribution in [2.75, 3.05) is 0 Å². The lowest BCUT2D eigenvalue weighted by atomic mass is 9.93. The molecule has 1 aromatic carbocycles. The van der Waals surface area contributed by atoms with Crippen molar-refractivity contribution in [1.82, 2.24) is 0 Å². The zero-order valence-electron chi connectivity index (χ0n) is 11.2. The van der Waals surface area contributed by atoms with Gasteiger partial charge in [0.15, 0.2) is 0 Å². The average Bonchev–Trinajstić information content (AvgIpc) is 2.38. The highest BCUT2D eigenvalue weighted by molar-refractivity contribution is 5.75. The van der Waals surface area contributed by atoms with Crippen LogP contribution >= 0.6 is 0 Å². The number of carboxylic acids is 1. The molecule has 2 heteroatoms. The van der Waals surface area contributed by atoms with Crippen molar-refractivity contribution in [3.05, 3.63) is 35.9 Å². The molecule has 99 valence electrons.